The van der Waals surface area contributed by atoms with E-state index in [1.807, 2.05) is 0 Å². The topological polar surface area (TPSA) is 101 Å². The van der Waals surface area contributed by atoms with Crippen LogP contribution >= 0.6 is 0 Å². The zero-order valence-corrected chi connectivity index (χ0v) is 15.4. The van der Waals surface area contributed by atoms with Crippen molar-refractivity contribution in [3.8, 4) is 5.75 Å². The zero-order valence-electron chi connectivity index (χ0n) is 14.6. The molecule has 2 aliphatic rings. The number of nitrogens with zero attached hydrogens (tertiary/aromatic N) is 3. The average Bonchev–Trinajstić information content (AvgIpc) is 3.05. The lowest BCUT2D eigenvalue weighted by Crippen LogP contribution is -2.39. The Balaban J connectivity index is 1.41. The summed E-state index contributed by atoms with van der Waals surface area (Å²) >= 11 is 0. The molecule has 2 atom stereocenters. The van der Waals surface area contributed by atoms with Crippen LogP contribution in [0.2, 0.25) is 0 Å². The zero-order chi connectivity index (χ0) is 18.9. The van der Waals surface area contributed by atoms with Crippen LogP contribution in [-0.4, -0.2) is 53.8 Å². The highest BCUT2D eigenvalue weighted by Crippen LogP contribution is 2.35. The molecule has 1 aromatic carbocycles. The van der Waals surface area contributed by atoms with Crippen molar-refractivity contribution in [3.63, 3.8) is 0 Å². The van der Waals surface area contributed by atoms with E-state index in [-0.39, 0.29) is 42.5 Å². The number of aryl methyl sites for hydroxylation is 1. The van der Waals surface area contributed by atoms with E-state index in [9.17, 15) is 13.2 Å². The lowest BCUT2D eigenvalue weighted by molar-refractivity contribution is -0.121. The maximum atomic E-state index is 13.0. The number of para-hydroxylation sites is 1. The number of benzene rings is 1. The van der Waals surface area contributed by atoms with Crippen molar-refractivity contribution in [1.82, 2.24) is 19.6 Å². The minimum atomic E-state index is -3.64. The molecule has 4 rings (SSSR count). The molecule has 2 aromatic rings. The number of amides is 1. The third-order valence-corrected chi connectivity index (χ3v) is 6.78. The molecular weight excluding hydrogens is 368 g/mol. The fraction of sp³-hybridized carbons (Fsp3) is 0.389. The van der Waals surface area contributed by atoms with Gasteiger partial charge in [0, 0.05) is 37.6 Å². The number of rotatable bonds is 4. The molecule has 1 aromatic heterocycles. The van der Waals surface area contributed by atoms with Gasteiger partial charge in [-0.1, -0.05) is 12.1 Å². The van der Waals surface area contributed by atoms with E-state index < -0.39 is 10.0 Å². The van der Waals surface area contributed by atoms with Gasteiger partial charge in [-0.2, -0.15) is 4.31 Å². The Morgan fingerprint density at radius 3 is 2.96 bits per heavy atom. The van der Waals surface area contributed by atoms with Crippen LogP contribution in [0.3, 0.4) is 0 Å². The lowest BCUT2D eigenvalue weighted by atomic mass is 10.1. The summed E-state index contributed by atoms with van der Waals surface area (Å²) in [6, 6.07) is 6.15. The first-order chi connectivity index (χ1) is 13.0. The largest absolute Gasteiger partial charge is 0.490 e. The number of hydrogen-bond donors (Lipinski definition) is 1. The van der Waals surface area contributed by atoms with Crippen LogP contribution in [0.4, 0.5) is 0 Å². The number of aromatic nitrogens is 2. The molecule has 3 heterocycles. The van der Waals surface area contributed by atoms with E-state index >= 15 is 0 Å². The van der Waals surface area contributed by atoms with Crippen LogP contribution in [0.5, 0.6) is 5.75 Å². The fourth-order valence-corrected chi connectivity index (χ4v) is 5.33. The summed E-state index contributed by atoms with van der Waals surface area (Å²) in [6.45, 7) is 0.532. The highest BCUT2D eigenvalue weighted by Gasteiger charge is 2.43. The van der Waals surface area contributed by atoms with Crippen LogP contribution in [0.1, 0.15) is 18.5 Å². The Morgan fingerprint density at radius 2 is 2.15 bits per heavy atom. The summed E-state index contributed by atoms with van der Waals surface area (Å²) in [6.07, 6.45) is 6.12. The summed E-state index contributed by atoms with van der Waals surface area (Å²) in [5.41, 5.74) is 0.751. The second-order valence-corrected chi connectivity index (χ2v) is 8.54. The second kappa shape index (κ2) is 7.24. The van der Waals surface area contributed by atoms with Crippen molar-refractivity contribution in [1.29, 1.82) is 0 Å². The van der Waals surface area contributed by atoms with Gasteiger partial charge in [0.25, 0.3) is 0 Å². The van der Waals surface area contributed by atoms with Crippen molar-refractivity contribution in [2.45, 2.75) is 36.2 Å². The summed E-state index contributed by atoms with van der Waals surface area (Å²) in [4.78, 5) is 20.6. The monoisotopic (exact) mass is 388 g/mol. The minimum Gasteiger partial charge on any atom is -0.490 e. The van der Waals surface area contributed by atoms with Crippen molar-refractivity contribution in [2.75, 3.05) is 13.2 Å². The number of sulfonamides is 1. The average molecular weight is 388 g/mol. The highest BCUT2D eigenvalue weighted by molar-refractivity contribution is 7.89. The summed E-state index contributed by atoms with van der Waals surface area (Å²) in [7, 11) is -3.64. The predicted octanol–water partition coefficient (Wildman–Crippen LogP) is 0.750. The third kappa shape index (κ3) is 3.65. The van der Waals surface area contributed by atoms with Gasteiger partial charge in [0.05, 0.1) is 11.7 Å². The number of carbonyl (C=O) groups excluding carboxylic acids is 1. The molecule has 1 fully saturated rings. The molecule has 27 heavy (non-hydrogen) atoms. The number of nitrogens with one attached hydrogen (secondary N) is 1. The van der Waals surface area contributed by atoms with E-state index in [4.69, 9.17) is 4.74 Å². The SMILES string of the molecule is O=C(CCc1cnccn1)N[C@H]1C[C@H]2COc3ccccc3S(=O)(=O)N2C1. The number of hydrogen-bond acceptors (Lipinski definition) is 6. The van der Waals surface area contributed by atoms with Gasteiger partial charge in [-0.25, -0.2) is 8.42 Å². The molecule has 0 bridgehead atoms. The van der Waals surface area contributed by atoms with Gasteiger partial charge in [0.1, 0.15) is 17.3 Å². The molecule has 0 unspecified atom stereocenters. The third-order valence-electron chi connectivity index (χ3n) is 4.82. The van der Waals surface area contributed by atoms with Gasteiger partial charge in [-0.3, -0.25) is 14.8 Å². The summed E-state index contributed by atoms with van der Waals surface area (Å²) in [5.74, 6) is 0.262. The quantitative estimate of drug-likeness (QED) is 0.829. The highest BCUT2D eigenvalue weighted by atomic mass is 32.2. The Morgan fingerprint density at radius 1 is 1.30 bits per heavy atom. The second-order valence-electron chi connectivity index (χ2n) is 6.68. The molecule has 0 saturated carbocycles. The molecular formula is C18H20N4O4S. The number of ether oxygens (including phenoxy) is 1. The van der Waals surface area contributed by atoms with E-state index in [0.717, 1.165) is 5.69 Å². The van der Waals surface area contributed by atoms with Crippen molar-refractivity contribution in [2.24, 2.45) is 0 Å². The molecule has 0 aliphatic carbocycles. The van der Waals surface area contributed by atoms with Gasteiger partial charge in [-0.05, 0) is 25.0 Å². The predicted molar refractivity (Wildman–Crippen MR) is 96.5 cm³/mol. The van der Waals surface area contributed by atoms with E-state index in [1.54, 1.807) is 42.9 Å². The molecule has 1 amide bonds. The maximum Gasteiger partial charge on any atom is 0.247 e. The normalized spacial score (nSPS) is 23.6. The number of carbonyl (C=O) groups is 1. The molecule has 1 N–H and O–H groups in total. The molecule has 0 spiro atoms. The van der Waals surface area contributed by atoms with Gasteiger partial charge in [0.2, 0.25) is 15.9 Å². The van der Waals surface area contributed by atoms with Crippen LogP contribution < -0.4 is 10.1 Å². The first kappa shape index (κ1) is 17.9. The van der Waals surface area contributed by atoms with Gasteiger partial charge >= 0.3 is 0 Å². The maximum absolute atomic E-state index is 13.0. The Bertz CT molecular complexity index is 935. The fourth-order valence-electron chi connectivity index (χ4n) is 3.53. The Hall–Kier alpha value is -2.52. The van der Waals surface area contributed by atoms with Crippen LogP contribution in [0, 0.1) is 0 Å². The van der Waals surface area contributed by atoms with E-state index in [1.165, 1.54) is 4.31 Å². The van der Waals surface area contributed by atoms with Crippen LogP contribution in [0.25, 0.3) is 0 Å². The van der Waals surface area contributed by atoms with Gasteiger partial charge in [0.15, 0.2) is 0 Å². The molecule has 142 valence electrons. The first-order valence-electron chi connectivity index (χ1n) is 8.82. The smallest absolute Gasteiger partial charge is 0.247 e. The lowest BCUT2D eigenvalue weighted by Gasteiger charge is -2.19. The molecule has 0 radical (unpaired) electrons. The van der Waals surface area contributed by atoms with Crippen molar-refractivity contribution in [3.05, 3.63) is 48.5 Å². The Labute approximate surface area is 157 Å². The van der Waals surface area contributed by atoms with Gasteiger partial charge in [-0.15, -0.1) is 0 Å². The summed E-state index contributed by atoms with van der Waals surface area (Å²) < 4.78 is 33.1. The first-order valence-corrected chi connectivity index (χ1v) is 10.3. The Kier molecular flexibility index (Phi) is 4.79. The molecule has 9 heteroatoms. The molecule has 8 nitrogen and oxygen atoms in total. The summed E-state index contributed by atoms with van der Waals surface area (Å²) in [5, 5.41) is 2.94. The minimum absolute atomic E-state index is 0.123. The standard InChI is InChI=1S/C18H20N4O4S/c23-18(6-5-13-10-19-7-8-20-13)21-14-9-15-12-26-16-3-1-2-4-17(16)27(24,25)22(15)11-14/h1-4,7-8,10,14-15H,5-6,9,11-12H2,(H,21,23)/t14-,15-/m0/s1. The van der Waals surface area contributed by atoms with E-state index in [0.29, 0.717) is 18.6 Å². The van der Waals surface area contributed by atoms with Crippen molar-refractivity contribution < 1.29 is 17.9 Å². The van der Waals surface area contributed by atoms with Crippen molar-refractivity contribution >= 4 is 15.9 Å². The van der Waals surface area contributed by atoms with Crippen LogP contribution in [0.15, 0.2) is 47.8 Å². The van der Waals surface area contributed by atoms with E-state index in [2.05, 4.69) is 15.3 Å². The van der Waals surface area contributed by atoms with Crippen LogP contribution in [-0.2, 0) is 21.2 Å². The van der Waals surface area contributed by atoms with Gasteiger partial charge < -0.3 is 10.1 Å². The molecule has 1 saturated heterocycles. The molecule has 2 aliphatic heterocycles. The number of fused-ring (bicyclic) bond motifs is 2.